The van der Waals surface area contributed by atoms with Crippen molar-refractivity contribution in [3.63, 3.8) is 0 Å². The summed E-state index contributed by atoms with van der Waals surface area (Å²) in [5, 5.41) is 2.85. The van der Waals surface area contributed by atoms with Crippen molar-refractivity contribution >= 4 is 5.91 Å². The molecule has 5 nitrogen and oxygen atoms in total. The van der Waals surface area contributed by atoms with E-state index in [1.54, 1.807) is 19.5 Å². The Morgan fingerprint density at radius 1 is 1.65 bits per heavy atom. The van der Waals surface area contributed by atoms with Gasteiger partial charge in [0.1, 0.15) is 0 Å². The lowest BCUT2D eigenvalue weighted by molar-refractivity contribution is -0.123. The first kappa shape index (κ1) is 13.6. The highest BCUT2D eigenvalue weighted by molar-refractivity contribution is 5.81. The summed E-state index contributed by atoms with van der Waals surface area (Å²) in [4.78, 5) is 15.7. The zero-order valence-corrected chi connectivity index (χ0v) is 10.2. The largest absolute Gasteiger partial charge is 0.385 e. The van der Waals surface area contributed by atoms with Crippen molar-refractivity contribution in [1.82, 2.24) is 10.3 Å². The number of rotatable bonds is 6. The van der Waals surface area contributed by atoms with E-state index in [1.807, 2.05) is 19.1 Å². The number of aromatic nitrogens is 1. The zero-order chi connectivity index (χ0) is 12.7. The monoisotopic (exact) mass is 237 g/mol. The fourth-order valence-electron chi connectivity index (χ4n) is 1.41. The van der Waals surface area contributed by atoms with E-state index in [1.165, 1.54) is 0 Å². The van der Waals surface area contributed by atoms with Gasteiger partial charge in [-0.3, -0.25) is 9.78 Å². The Bertz CT molecular complexity index is 343. The topological polar surface area (TPSA) is 77.2 Å². The van der Waals surface area contributed by atoms with E-state index in [2.05, 4.69) is 10.3 Å². The van der Waals surface area contributed by atoms with Crippen LogP contribution in [0.3, 0.4) is 0 Å². The SMILES string of the molecule is COCCC(N)C(=O)N[C@H](C)c1cccnc1. The van der Waals surface area contributed by atoms with Gasteiger partial charge in [0.15, 0.2) is 0 Å². The highest BCUT2D eigenvalue weighted by Gasteiger charge is 2.16. The second-order valence-electron chi connectivity index (χ2n) is 3.90. The summed E-state index contributed by atoms with van der Waals surface area (Å²) < 4.78 is 4.88. The zero-order valence-electron chi connectivity index (χ0n) is 10.2. The van der Waals surface area contributed by atoms with E-state index in [4.69, 9.17) is 10.5 Å². The molecule has 3 N–H and O–H groups in total. The number of carbonyl (C=O) groups excluding carboxylic acids is 1. The van der Waals surface area contributed by atoms with Crippen molar-refractivity contribution in [2.45, 2.75) is 25.4 Å². The minimum absolute atomic E-state index is 0.0928. The third kappa shape index (κ3) is 4.50. The van der Waals surface area contributed by atoms with Gasteiger partial charge in [-0.05, 0) is 25.0 Å². The molecule has 0 aliphatic carbocycles. The van der Waals surface area contributed by atoms with Gasteiger partial charge in [0.25, 0.3) is 0 Å². The van der Waals surface area contributed by atoms with Gasteiger partial charge in [-0.1, -0.05) is 6.07 Å². The summed E-state index contributed by atoms with van der Waals surface area (Å²) in [6, 6.07) is 3.13. The van der Waals surface area contributed by atoms with E-state index >= 15 is 0 Å². The van der Waals surface area contributed by atoms with Crippen molar-refractivity contribution in [2.75, 3.05) is 13.7 Å². The standard InChI is InChI=1S/C12H19N3O2/c1-9(10-4-3-6-14-8-10)15-12(16)11(13)5-7-17-2/h3-4,6,8-9,11H,5,7,13H2,1-2H3,(H,15,16)/t9-,11?/m1/s1. The summed E-state index contributed by atoms with van der Waals surface area (Å²) in [6.07, 6.45) is 3.94. The molecule has 0 radical (unpaired) electrons. The normalized spacial score (nSPS) is 14.1. The lowest BCUT2D eigenvalue weighted by Gasteiger charge is -2.17. The van der Waals surface area contributed by atoms with Crippen LogP contribution in [0.4, 0.5) is 0 Å². The van der Waals surface area contributed by atoms with Crippen LogP contribution in [-0.4, -0.2) is 30.6 Å². The van der Waals surface area contributed by atoms with Gasteiger partial charge in [0.05, 0.1) is 12.1 Å². The van der Waals surface area contributed by atoms with Gasteiger partial charge in [-0.25, -0.2) is 0 Å². The van der Waals surface area contributed by atoms with Crippen molar-refractivity contribution in [1.29, 1.82) is 0 Å². The number of hydrogen-bond acceptors (Lipinski definition) is 4. The van der Waals surface area contributed by atoms with Gasteiger partial charge in [0, 0.05) is 26.1 Å². The molecule has 1 amide bonds. The van der Waals surface area contributed by atoms with Crippen LogP contribution < -0.4 is 11.1 Å². The Morgan fingerprint density at radius 2 is 2.41 bits per heavy atom. The molecule has 1 heterocycles. The number of nitrogens with zero attached hydrogens (tertiary/aromatic N) is 1. The number of hydrogen-bond donors (Lipinski definition) is 2. The maximum Gasteiger partial charge on any atom is 0.237 e. The molecule has 0 fully saturated rings. The van der Waals surface area contributed by atoms with Gasteiger partial charge in [-0.15, -0.1) is 0 Å². The second-order valence-corrected chi connectivity index (χ2v) is 3.90. The maximum absolute atomic E-state index is 11.7. The summed E-state index contributed by atoms with van der Waals surface area (Å²) in [5.74, 6) is -0.168. The molecule has 0 aliphatic heterocycles. The second kappa shape index (κ2) is 6.98. The summed E-state index contributed by atoms with van der Waals surface area (Å²) in [5.41, 5.74) is 6.68. The van der Waals surface area contributed by atoms with Crippen molar-refractivity contribution in [3.8, 4) is 0 Å². The maximum atomic E-state index is 11.7. The minimum Gasteiger partial charge on any atom is -0.385 e. The Morgan fingerprint density at radius 3 is 3.00 bits per heavy atom. The molecule has 0 saturated carbocycles. The highest BCUT2D eigenvalue weighted by Crippen LogP contribution is 2.09. The molecule has 1 aromatic rings. The molecule has 0 saturated heterocycles. The number of carbonyl (C=O) groups is 1. The Hall–Kier alpha value is -1.46. The van der Waals surface area contributed by atoms with Crippen LogP contribution in [0.1, 0.15) is 24.9 Å². The lowest BCUT2D eigenvalue weighted by atomic mass is 10.1. The van der Waals surface area contributed by atoms with E-state index in [9.17, 15) is 4.79 Å². The van der Waals surface area contributed by atoms with Crippen LogP contribution >= 0.6 is 0 Å². The van der Waals surface area contributed by atoms with E-state index in [-0.39, 0.29) is 11.9 Å². The number of pyridine rings is 1. The number of methoxy groups -OCH3 is 1. The van der Waals surface area contributed by atoms with Crippen molar-refractivity contribution < 1.29 is 9.53 Å². The predicted molar refractivity (Wildman–Crippen MR) is 65.3 cm³/mol. The third-order valence-electron chi connectivity index (χ3n) is 2.51. The molecule has 17 heavy (non-hydrogen) atoms. The van der Waals surface area contributed by atoms with Gasteiger partial charge in [-0.2, -0.15) is 0 Å². The average Bonchev–Trinajstić information content (AvgIpc) is 2.36. The molecule has 0 aromatic carbocycles. The first-order valence-corrected chi connectivity index (χ1v) is 5.60. The summed E-state index contributed by atoms with van der Waals surface area (Å²) in [6.45, 7) is 2.38. The first-order chi connectivity index (χ1) is 8.15. The molecule has 0 spiro atoms. The molecule has 1 rings (SSSR count). The van der Waals surface area contributed by atoms with Crippen molar-refractivity contribution in [2.24, 2.45) is 5.73 Å². The summed E-state index contributed by atoms with van der Waals surface area (Å²) >= 11 is 0. The molecule has 2 atom stereocenters. The van der Waals surface area contributed by atoms with Gasteiger partial charge >= 0.3 is 0 Å². The lowest BCUT2D eigenvalue weighted by Crippen LogP contribution is -2.42. The number of nitrogens with two attached hydrogens (primary N) is 1. The van der Waals surface area contributed by atoms with Crippen LogP contribution in [0.15, 0.2) is 24.5 Å². The quantitative estimate of drug-likeness (QED) is 0.760. The van der Waals surface area contributed by atoms with Crippen LogP contribution in [0.25, 0.3) is 0 Å². The van der Waals surface area contributed by atoms with E-state index in [0.717, 1.165) is 5.56 Å². The van der Waals surface area contributed by atoms with Crippen LogP contribution in [-0.2, 0) is 9.53 Å². The third-order valence-corrected chi connectivity index (χ3v) is 2.51. The minimum atomic E-state index is -0.533. The smallest absolute Gasteiger partial charge is 0.237 e. The molecule has 0 aliphatic rings. The molecular weight excluding hydrogens is 218 g/mol. The highest BCUT2D eigenvalue weighted by atomic mass is 16.5. The summed E-state index contributed by atoms with van der Waals surface area (Å²) in [7, 11) is 1.59. The Kier molecular flexibility index (Phi) is 5.59. The van der Waals surface area contributed by atoms with E-state index < -0.39 is 6.04 Å². The van der Waals surface area contributed by atoms with Crippen LogP contribution in [0.2, 0.25) is 0 Å². The molecule has 1 aromatic heterocycles. The van der Waals surface area contributed by atoms with Gasteiger partial charge < -0.3 is 15.8 Å². The predicted octanol–water partition coefficient (Wildman–Crippen LogP) is 0.623. The molecule has 94 valence electrons. The average molecular weight is 237 g/mol. The Balaban J connectivity index is 2.46. The van der Waals surface area contributed by atoms with Crippen LogP contribution in [0, 0.1) is 0 Å². The number of nitrogens with one attached hydrogen (secondary N) is 1. The molecule has 0 bridgehead atoms. The van der Waals surface area contributed by atoms with E-state index in [0.29, 0.717) is 13.0 Å². The first-order valence-electron chi connectivity index (χ1n) is 5.60. The fourth-order valence-corrected chi connectivity index (χ4v) is 1.41. The number of amides is 1. The fraction of sp³-hybridized carbons (Fsp3) is 0.500. The van der Waals surface area contributed by atoms with Gasteiger partial charge in [0.2, 0.25) is 5.91 Å². The van der Waals surface area contributed by atoms with Crippen LogP contribution in [0.5, 0.6) is 0 Å². The number of ether oxygens (including phenoxy) is 1. The van der Waals surface area contributed by atoms with Crippen molar-refractivity contribution in [3.05, 3.63) is 30.1 Å². The molecule has 1 unspecified atom stereocenters. The molecule has 5 heteroatoms. The Labute approximate surface area is 101 Å². The molecular formula is C12H19N3O2.